The van der Waals surface area contributed by atoms with Crippen molar-refractivity contribution >= 4 is 29.0 Å². The van der Waals surface area contributed by atoms with Crippen molar-refractivity contribution < 1.29 is 22.9 Å². The van der Waals surface area contributed by atoms with Crippen molar-refractivity contribution in [1.82, 2.24) is 0 Å². The summed E-state index contributed by atoms with van der Waals surface area (Å²) in [5.74, 6) is -0.189. The zero-order valence-corrected chi connectivity index (χ0v) is 13.4. The summed E-state index contributed by atoms with van der Waals surface area (Å²) < 4.78 is 38.8. The van der Waals surface area contributed by atoms with E-state index >= 15 is 0 Å². The van der Waals surface area contributed by atoms with Gasteiger partial charge in [0.25, 0.3) is 5.69 Å². The first kappa shape index (κ1) is 17.3. The average molecular weight is 368 g/mol. The Balaban J connectivity index is 1.96. The van der Waals surface area contributed by atoms with Gasteiger partial charge in [-0.15, -0.1) is 11.8 Å². The highest BCUT2D eigenvalue weighted by Gasteiger charge is 2.36. The molecule has 1 aliphatic heterocycles. The molecule has 3 rings (SSSR count). The predicted octanol–water partition coefficient (Wildman–Crippen LogP) is 4.39. The maximum Gasteiger partial charge on any atom is 0.416 e. The highest BCUT2D eigenvalue weighted by Crippen LogP contribution is 2.43. The first-order valence-electron chi connectivity index (χ1n) is 7.12. The Morgan fingerprint density at radius 2 is 1.84 bits per heavy atom. The number of hydrogen-bond donors (Lipinski definition) is 0. The van der Waals surface area contributed by atoms with Crippen molar-refractivity contribution in [3.8, 4) is 0 Å². The Morgan fingerprint density at radius 3 is 2.44 bits per heavy atom. The third-order valence-electron chi connectivity index (χ3n) is 3.71. The number of rotatable bonds is 3. The highest BCUT2D eigenvalue weighted by atomic mass is 32.2. The van der Waals surface area contributed by atoms with E-state index in [0.29, 0.717) is 5.56 Å². The third-order valence-corrected chi connectivity index (χ3v) is 4.92. The smallest absolute Gasteiger partial charge is 0.295 e. The minimum absolute atomic E-state index is 0.0938. The molecule has 2 aromatic carbocycles. The van der Waals surface area contributed by atoms with Crippen molar-refractivity contribution in [2.45, 2.75) is 11.6 Å². The van der Waals surface area contributed by atoms with Crippen LogP contribution < -0.4 is 4.90 Å². The van der Waals surface area contributed by atoms with E-state index in [1.54, 1.807) is 0 Å². The number of thioether (sulfide) groups is 1. The number of carbonyl (C=O) groups is 1. The molecule has 25 heavy (non-hydrogen) atoms. The Kier molecular flexibility index (Phi) is 4.42. The lowest BCUT2D eigenvalue weighted by molar-refractivity contribution is -0.384. The molecule has 0 N–H and O–H groups in total. The Bertz CT molecular complexity index is 824. The van der Waals surface area contributed by atoms with E-state index in [2.05, 4.69) is 0 Å². The van der Waals surface area contributed by atoms with Crippen LogP contribution in [0.5, 0.6) is 0 Å². The van der Waals surface area contributed by atoms with Gasteiger partial charge in [0.1, 0.15) is 5.37 Å². The predicted molar refractivity (Wildman–Crippen MR) is 87.2 cm³/mol. The molecule has 0 unspecified atom stereocenters. The summed E-state index contributed by atoms with van der Waals surface area (Å²) in [4.78, 5) is 23.7. The monoisotopic (exact) mass is 368 g/mol. The van der Waals surface area contributed by atoms with Crippen molar-refractivity contribution in [2.75, 3.05) is 10.7 Å². The van der Waals surface area contributed by atoms with Crippen LogP contribution in [0.4, 0.5) is 24.5 Å². The van der Waals surface area contributed by atoms with Crippen molar-refractivity contribution in [2.24, 2.45) is 0 Å². The quantitative estimate of drug-likeness (QED) is 0.595. The molecule has 0 spiro atoms. The second kappa shape index (κ2) is 6.40. The van der Waals surface area contributed by atoms with Gasteiger partial charge in [-0.2, -0.15) is 13.2 Å². The number of carbonyl (C=O) groups excluding carboxylic acids is 1. The molecule has 1 saturated heterocycles. The van der Waals surface area contributed by atoms with Crippen LogP contribution in [0.25, 0.3) is 0 Å². The summed E-state index contributed by atoms with van der Waals surface area (Å²) >= 11 is 1.26. The van der Waals surface area contributed by atoms with Crippen molar-refractivity contribution in [3.63, 3.8) is 0 Å². The minimum Gasteiger partial charge on any atom is -0.295 e. The summed E-state index contributed by atoms with van der Waals surface area (Å²) in [5.41, 5.74) is -0.173. The van der Waals surface area contributed by atoms with Gasteiger partial charge in [-0.05, 0) is 35.9 Å². The largest absolute Gasteiger partial charge is 0.416 e. The van der Waals surface area contributed by atoms with Gasteiger partial charge in [0.15, 0.2) is 0 Å². The molecule has 0 saturated carbocycles. The van der Waals surface area contributed by atoms with E-state index in [4.69, 9.17) is 0 Å². The molecule has 1 aliphatic rings. The maximum atomic E-state index is 12.9. The summed E-state index contributed by atoms with van der Waals surface area (Å²) in [6, 6.07) is 10.2. The highest BCUT2D eigenvalue weighted by molar-refractivity contribution is 8.00. The van der Waals surface area contributed by atoms with Crippen LogP contribution in [-0.4, -0.2) is 16.6 Å². The van der Waals surface area contributed by atoms with Crippen LogP contribution in [0.1, 0.15) is 16.5 Å². The molecular weight excluding hydrogens is 357 g/mol. The third kappa shape index (κ3) is 3.46. The number of nitro benzene ring substituents is 1. The Hall–Kier alpha value is -2.55. The van der Waals surface area contributed by atoms with Crippen molar-refractivity contribution in [3.05, 3.63) is 69.8 Å². The molecule has 2 aromatic rings. The lowest BCUT2D eigenvalue weighted by Crippen LogP contribution is -2.28. The fraction of sp³-hybridized carbons (Fsp3) is 0.188. The number of halogens is 3. The van der Waals surface area contributed by atoms with Gasteiger partial charge in [0.2, 0.25) is 5.91 Å². The molecule has 0 aliphatic carbocycles. The van der Waals surface area contributed by atoms with E-state index in [9.17, 15) is 28.1 Å². The normalized spacial score (nSPS) is 17.8. The second-order valence-corrected chi connectivity index (χ2v) is 6.39. The number of non-ortho nitro benzene ring substituents is 1. The van der Waals surface area contributed by atoms with E-state index in [1.807, 2.05) is 0 Å². The Morgan fingerprint density at radius 1 is 1.16 bits per heavy atom. The lowest BCUT2D eigenvalue weighted by Gasteiger charge is -2.25. The van der Waals surface area contributed by atoms with Gasteiger partial charge in [-0.3, -0.25) is 19.8 Å². The molecule has 0 aromatic heterocycles. The van der Waals surface area contributed by atoms with Gasteiger partial charge in [0, 0.05) is 17.8 Å². The number of anilines is 1. The molecule has 1 heterocycles. The van der Waals surface area contributed by atoms with Gasteiger partial charge in [-0.1, -0.05) is 6.07 Å². The van der Waals surface area contributed by atoms with Crippen LogP contribution >= 0.6 is 11.8 Å². The molecule has 1 amide bonds. The van der Waals surface area contributed by atoms with Crippen LogP contribution in [0.3, 0.4) is 0 Å². The second-order valence-electron chi connectivity index (χ2n) is 5.32. The number of alkyl halides is 3. The van der Waals surface area contributed by atoms with E-state index in [0.717, 1.165) is 12.1 Å². The Labute approximate surface area is 144 Å². The van der Waals surface area contributed by atoms with E-state index in [1.165, 1.54) is 53.1 Å². The van der Waals surface area contributed by atoms with Crippen LogP contribution in [-0.2, 0) is 11.0 Å². The zero-order valence-electron chi connectivity index (χ0n) is 12.6. The SMILES string of the molecule is O=C1CS[C@@H](c2ccc([N+](=O)[O-])cc2)N1c1cccc(C(F)(F)F)c1. The standard InChI is InChI=1S/C16H11F3N2O3S/c17-16(18,19)11-2-1-3-13(8-11)20-14(22)9-25-15(20)10-4-6-12(7-5-10)21(23)24/h1-8,15H,9H2/t15-/m0/s1. The number of amides is 1. The van der Waals surface area contributed by atoms with Crippen LogP contribution in [0.15, 0.2) is 48.5 Å². The molecular formula is C16H11F3N2O3S. The number of nitro groups is 1. The first-order valence-corrected chi connectivity index (χ1v) is 8.17. The summed E-state index contributed by atoms with van der Waals surface area (Å²) in [6.45, 7) is 0. The number of nitrogens with zero attached hydrogens (tertiary/aromatic N) is 2. The molecule has 0 radical (unpaired) electrons. The van der Waals surface area contributed by atoms with Crippen LogP contribution in [0.2, 0.25) is 0 Å². The molecule has 9 heteroatoms. The summed E-state index contributed by atoms with van der Waals surface area (Å²) in [7, 11) is 0. The topological polar surface area (TPSA) is 63.4 Å². The molecule has 1 atom stereocenters. The first-order chi connectivity index (χ1) is 11.8. The molecule has 1 fully saturated rings. The zero-order chi connectivity index (χ0) is 18.2. The van der Waals surface area contributed by atoms with Crippen molar-refractivity contribution in [1.29, 1.82) is 0 Å². The molecule has 5 nitrogen and oxygen atoms in total. The number of hydrogen-bond acceptors (Lipinski definition) is 4. The van der Waals surface area contributed by atoms with Gasteiger partial charge in [0.05, 0.1) is 16.2 Å². The maximum absolute atomic E-state index is 12.9. The summed E-state index contributed by atoms with van der Waals surface area (Å²) in [5, 5.41) is 10.2. The molecule has 0 bridgehead atoms. The van der Waals surface area contributed by atoms with Gasteiger partial charge in [-0.25, -0.2) is 0 Å². The minimum atomic E-state index is -4.51. The molecule has 130 valence electrons. The van der Waals surface area contributed by atoms with Gasteiger partial charge >= 0.3 is 6.18 Å². The average Bonchev–Trinajstić information content (AvgIpc) is 2.96. The van der Waals surface area contributed by atoms with Crippen LogP contribution in [0, 0.1) is 10.1 Å². The fourth-order valence-corrected chi connectivity index (χ4v) is 3.72. The number of benzene rings is 2. The van der Waals surface area contributed by atoms with E-state index < -0.39 is 22.0 Å². The van der Waals surface area contributed by atoms with Gasteiger partial charge < -0.3 is 0 Å². The summed E-state index contributed by atoms with van der Waals surface area (Å²) in [6.07, 6.45) is -4.51. The lowest BCUT2D eigenvalue weighted by atomic mass is 10.1. The fourth-order valence-electron chi connectivity index (χ4n) is 2.54. The van der Waals surface area contributed by atoms with E-state index in [-0.39, 0.29) is 23.0 Å².